The van der Waals surface area contributed by atoms with Crippen LogP contribution in [0.15, 0.2) is 47.2 Å². The van der Waals surface area contributed by atoms with E-state index >= 15 is 0 Å². The van der Waals surface area contributed by atoms with E-state index in [4.69, 9.17) is 0 Å². The van der Waals surface area contributed by atoms with Gasteiger partial charge in [-0.2, -0.15) is 0 Å². The van der Waals surface area contributed by atoms with Gasteiger partial charge in [0.05, 0.1) is 5.92 Å². The van der Waals surface area contributed by atoms with Gasteiger partial charge in [0.25, 0.3) is 0 Å². The molecule has 19 heavy (non-hydrogen) atoms. The van der Waals surface area contributed by atoms with Crippen molar-refractivity contribution in [2.75, 3.05) is 0 Å². The third-order valence-corrected chi connectivity index (χ3v) is 3.49. The number of hydrogen-bond donors (Lipinski definition) is 1. The fourth-order valence-corrected chi connectivity index (χ4v) is 2.38. The molecule has 0 aliphatic carbocycles. The molecule has 0 saturated heterocycles. The lowest BCUT2D eigenvalue weighted by molar-refractivity contribution is -0.138. The van der Waals surface area contributed by atoms with Crippen LogP contribution in [0.2, 0.25) is 0 Å². The van der Waals surface area contributed by atoms with E-state index in [0.717, 1.165) is 5.56 Å². The minimum Gasteiger partial charge on any atom is -0.481 e. The maximum absolute atomic E-state index is 12.8. The van der Waals surface area contributed by atoms with E-state index < -0.39 is 11.9 Å². The SMILES string of the molecule is O=C(O)C(Cc1ccc(F)cc1)c1ccncc1Br. The number of pyridine rings is 1. The second-order valence-corrected chi connectivity index (χ2v) is 4.97. The molecule has 0 radical (unpaired) electrons. The summed E-state index contributed by atoms with van der Waals surface area (Å²) in [7, 11) is 0. The molecule has 1 aromatic carbocycles. The first kappa shape index (κ1) is 13.7. The molecular formula is C14H11BrFNO2. The predicted molar refractivity (Wildman–Crippen MR) is 72.4 cm³/mol. The summed E-state index contributed by atoms with van der Waals surface area (Å²) in [6.45, 7) is 0. The Hall–Kier alpha value is -1.75. The Morgan fingerprint density at radius 3 is 2.58 bits per heavy atom. The van der Waals surface area contributed by atoms with E-state index in [1.54, 1.807) is 30.6 Å². The molecule has 0 saturated carbocycles. The van der Waals surface area contributed by atoms with Crippen molar-refractivity contribution in [3.05, 3.63) is 64.1 Å². The summed E-state index contributed by atoms with van der Waals surface area (Å²) in [6, 6.07) is 7.53. The molecule has 0 aliphatic rings. The van der Waals surface area contributed by atoms with Gasteiger partial charge in [0.2, 0.25) is 0 Å². The van der Waals surface area contributed by atoms with Gasteiger partial charge < -0.3 is 5.11 Å². The fourth-order valence-electron chi connectivity index (χ4n) is 1.86. The summed E-state index contributed by atoms with van der Waals surface area (Å²) in [4.78, 5) is 15.3. The van der Waals surface area contributed by atoms with Crippen molar-refractivity contribution in [2.45, 2.75) is 12.3 Å². The van der Waals surface area contributed by atoms with E-state index in [0.29, 0.717) is 16.5 Å². The molecule has 0 bridgehead atoms. The van der Waals surface area contributed by atoms with Crippen LogP contribution in [0.5, 0.6) is 0 Å². The van der Waals surface area contributed by atoms with Crippen LogP contribution >= 0.6 is 15.9 Å². The molecule has 3 nitrogen and oxygen atoms in total. The second-order valence-electron chi connectivity index (χ2n) is 4.12. The second kappa shape index (κ2) is 5.93. The molecule has 5 heteroatoms. The Morgan fingerprint density at radius 1 is 1.32 bits per heavy atom. The minimum absolute atomic E-state index is 0.304. The Labute approximate surface area is 118 Å². The monoisotopic (exact) mass is 323 g/mol. The molecule has 1 atom stereocenters. The first-order valence-corrected chi connectivity index (χ1v) is 6.44. The lowest BCUT2D eigenvalue weighted by Crippen LogP contribution is -2.15. The molecule has 1 N–H and O–H groups in total. The van der Waals surface area contributed by atoms with Crippen LogP contribution in [0, 0.1) is 5.82 Å². The van der Waals surface area contributed by atoms with E-state index in [1.165, 1.54) is 12.1 Å². The number of nitrogens with zero attached hydrogens (tertiary/aromatic N) is 1. The van der Waals surface area contributed by atoms with Gasteiger partial charge >= 0.3 is 5.97 Å². The number of carbonyl (C=O) groups is 1. The number of carboxylic acids is 1. The average molecular weight is 324 g/mol. The Balaban J connectivity index is 2.29. The third-order valence-electron chi connectivity index (χ3n) is 2.83. The zero-order valence-electron chi connectivity index (χ0n) is 9.88. The van der Waals surface area contributed by atoms with Gasteiger partial charge in [0.1, 0.15) is 5.82 Å². The molecule has 0 fully saturated rings. The summed E-state index contributed by atoms with van der Waals surface area (Å²) in [5, 5.41) is 9.35. The van der Waals surface area contributed by atoms with E-state index in [1.807, 2.05) is 0 Å². The van der Waals surface area contributed by atoms with Crippen LogP contribution in [-0.4, -0.2) is 16.1 Å². The predicted octanol–water partition coefficient (Wildman–Crippen LogP) is 3.39. The highest BCUT2D eigenvalue weighted by molar-refractivity contribution is 9.10. The quantitative estimate of drug-likeness (QED) is 0.938. The number of halogens is 2. The lowest BCUT2D eigenvalue weighted by Gasteiger charge is -2.14. The van der Waals surface area contributed by atoms with E-state index in [-0.39, 0.29) is 5.82 Å². The molecule has 0 spiro atoms. The highest BCUT2D eigenvalue weighted by Gasteiger charge is 2.22. The van der Waals surface area contributed by atoms with Crippen molar-refractivity contribution in [1.82, 2.24) is 4.98 Å². The van der Waals surface area contributed by atoms with Crippen molar-refractivity contribution >= 4 is 21.9 Å². The van der Waals surface area contributed by atoms with Crippen molar-refractivity contribution < 1.29 is 14.3 Å². The van der Waals surface area contributed by atoms with Gasteiger partial charge in [-0.25, -0.2) is 4.39 Å². The van der Waals surface area contributed by atoms with Crippen LogP contribution in [0.3, 0.4) is 0 Å². The summed E-state index contributed by atoms with van der Waals surface area (Å²) in [6.07, 6.45) is 3.43. The zero-order chi connectivity index (χ0) is 13.8. The number of carboxylic acid groups (broad SMARTS) is 1. The van der Waals surface area contributed by atoms with Gasteiger partial charge in [0, 0.05) is 16.9 Å². The first-order chi connectivity index (χ1) is 9.08. The van der Waals surface area contributed by atoms with Gasteiger partial charge in [0.15, 0.2) is 0 Å². The summed E-state index contributed by atoms with van der Waals surface area (Å²) >= 11 is 3.30. The van der Waals surface area contributed by atoms with Gasteiger partial charge in [-0.05, 0) is 51.7 Å². The Bertz CT molecular complexity index is 586. The standard InChI is InChI=1S/C14H11BrFNO2/c15-13-8-17-6-5-11(13)12(14(18)19)7-9-1-3-10(16)4-2-9/h1-6,8,12H,7H2,(H,18,19). The zero-order valence-corrected chi connectivity index (χ0v) is 11.5. The highest BCUT2D eigenvalue weighted by Crippen LogP contribution is 2.27. The summed E-state index contributed by atoms with van der Waals surface area (Å²) < 4.78 is 13.5. The Morgan fingerprint density at radius 2 is 2.00 bits per heavy atom. The van der Waals surface area contributed by atoms with Crippen LogP contribution in [0.25, 0.3) is 0 Å². The van der Waals surface area contributed by atoms with E-state index in [9.17, 15) is 14.3 Å². The normalized spacial score (nSPS) is 12.1. The molecule has 1 unspecified atom stereocenters. The van der Waals surface area contributed by atoms with Gasteiger partial charge in [-0.1, -0.05) is 12.1 Å². The van der Waals surface area contributed by atoms with Gasteiger partial charge in [-0.15, -0.1) is 0 Å². The molecule has 98 valence electrons. The fraction of sp³-hybridized carbons (Fsp3) is 0.143. The molecule has 1 heterocycles. The third kappa shape index (κ3) is 3.38. The highest BCUT2D eigenvalue weighted by atomic mass is 79.9. The number of benzene rings is 1. The van der Waals surface area contributed by atoms with Crippen molar-refractivity contribution in [2.24, 2.45) is 0 Å². The number of aliphatic carboxylic acids is 1. The van der Waals surface area contributed by atoms with Crippen molar-refractivity contribution in [3.8, 4) is 0 Å². The first-order valence-electron chi connectivity index (χ1n) is 5.64. The average Bonchev–Trinajstić information content (AvgIpc) is 2.39. The number of rotatable bonds is 4. The van der Waals surface area contributed by atoms with Crippen molar-refractivity contribution in [3.63, 3.8) is 0 Å². The topological polar surface area (TPSA) is 50.2 Å². The molecular weight excluding hydrogens is 313 g/mol. The molecule has 0 amide bonds. The molecule has 2 aromatic rings. The maximum atomic E-state index is 12.8. The molecule has 1 aromatic heterocycles. The van der Waals surface area contributed by atoms with Crippen LogP contribution < -0.4 is 0 Å². The van der Waals surface area contributed by atoms with Crippen LogP contribution in [0.4, 0.5) is 4.39 Å². The number of aromatic nitrogens is 1. The largest absolute Gasteiger partial charge is 0.481 e. The van der Waals surface area contributed by atoms with Crippen LogP contribution in [0.1, 0.15) is 17.0 Å². The van der Waals surface area contributed by atoms with Gasteiger partial charge in [-0.3, -0.25) is 9.78 Å². The lowest BCUT2D eigenvalue weighted by atomic mass is 9.93. The van der Waals surface area contributed by atoms with Crippen LogP contribution in [-0.2, 0) is 11.2 Å². The number of hydrogen-bond acceptors (Lipinski definition) is 2. The summed E-state index contributed by atoms with van der Waals surface area (Å²) in [5.41, 5.74) is 1.43. The molecule has 2 rings (SSSR count). The summed E-state index contributed by atoms with van der Waals surface area (Å²) in [5.74, 6) is -1.94. The Kier molecular flexibility index (Phi) is 4.27. The molecule has 0 aliphatic heterocycles. The van der Waals surface area contributed by atoms with Crippen molar-refractivity contribution in [1.29, 1.82) is 0 Å². The minimum atomic E-state index is -0.920. The smallest absolute Gasteiger partial charge is 0.311 e. The van der Waals surface area contributed by atoms with E-state index in [2.05, 4.69) is 20.9 Å². The maximum Gasteiger partial charge on any atom is 0.311 e.